The molecular weight excluding hydrogens is 375 g/mol. The smallest absolute Gasteiger partial charge is 0.416 e. The molecule has 2 aromatic carbocycles. The molecule has 0 saturated heterocycles. The van der Waals surface area contributed by atoms with Gasteiger partial charge in [0.05, 0.1) is 25.3 Å². The molecule has 0 aliphatic carbocycles. The van der Waals surface area contributed by atoms with Gasteiger partial charge >= 0.3 is 12.1 Å². The molecule has 148 valence electrons. The Bertz CT molecular complexity index is 874. The fraction of sp³-hybridized carbons (Fsp3) is 0.200. The SMILES string of the molecule is COC(=O)C=Cc1ccc(OC)c(C(=O)NCc2ccc(C(F)(F)F)cc2)c1. The molecule has 28 heavy (non-hydrogen) atoms. The molecular formula is C20H18F3NO4. The summed E-state index contributed by atoms with van der Waals surface area (Å²) in [5.41, 5.74) is 0.559. The quantitative estimate of drug-likeness (QED) is 0.599. The molecule has 0 aliphatic heterocycles. The minimum Gasteiger partial charge on any atom is -0.496 e. The molecule has 1 N–H and O–H groups in total. The van der Waals surface area contributed by atoms with Gasteiger partial charge < -0.3 is 14.8 Å². The lowest BCUT2D eigenvalue weighted by molar-refractivity contribution is -0.137. The number of ether oxygens (including phenoxy) is 2. The van der Waals surface area contributed by atoms with Gasteiger partial charge in [0.25, 0.3) is 5.91 Å². The summed E-state index contributed by atoms with van der Waals surface area (Å²) < 4.78 is 47.5. The highest BCUT2D eigenvalue weighted by Crippen LogP contribution is 2.29. The predicted octanol–water partition coefficient (Wildman–Crippen LogP) is 3.83. The van der Waals surface area contributed by atoms with E-state index in [1.807, 2.05) is 0 Å². The Kier molecular flexibility index (Phi) is 6.81. The summed E-state index contributed by atoms with van der Waals surface area (Å²) in [6, 6.07) is 9.28. The van der Waals surface area contributed by atoms with Crippen molar-refractivity contribution >= 4 is 18.0 Å². The maximum Gasteiger partial charge on any atom is 0.416 e. The van der Waals surface area contributed by atoms with E-state index in [4.69, 9.17) is 4.74 Å². The molecule has 1 amide bonds. The fourth-order valence-corrected chi connectivity index (χ4v) is 2.33. The lowest BCUT2D eigenvalue weighted by atomic mass is 10.1. The zero-order valence-electron chi connectivity index (χ0n) is 15.2. The van der Waals surface area contributed by atoms with Crippen molar-refractivity contribution in [3.05, 3.63) is 70.8 Å². The Morgan fingerprint density at radius 3 is 2.32 bits per heavy atom. The van der Waals surface area contributed by atoms with E-state index in [9.17, 15) is 22.8 Å². The van der Waals surface area contributed by atoms with Gasteiger partial charge in [-0.3, -0.25) is 4.79 Å². The number of methoxy groups -OCH3 is 2. The number of carbonyl (C=O) groups is 2. The van der Waals surface area contributed by atoms with E-state index < -0.39 is 23.6 Å². The van der Waals surface area contributed by atoms with Crippen molar-refractivity contribution in [2.75, 3.05) is 14.2 Å². The van der Waals surface area contributed by atoms with Crippen molar-refractivity contribution in [2.24, 2.45) is 0 Å². The van der Waals surface area contributed by atoms with Gasteiger partial charge in [-0.1, -0.05) is 18.2 Å². The summed E-state index contributed by atoms with van der Waals surface area (Å²) in [4.78, 5) is 23.7. The second-order valence-electron chi connectivity index (χ2n) is 5.69. The van der Waals surface area contributed by atoms with Crippen LogP contribution in [0.2, 0.25) is 0 Å². The molecule has 0 bridgehead atoms. The highest BCUT2D eigenvalue weighted by atomic mass is 19.4. The number of amides is 1. The fourth-order valence-electron chi connectivity index (χ4n) is 2.33. The van der Waals surface area contributed by atoms with Crippen LogP contribution in [0.5, 0.6) is 5.75 Å². The molecule has 0 unspecified atom stereocenters. The summed E-state index contributed by atoms with van der Waals surface area (Å²) in [6.07, 6.45) is -1.71. The number of hydrogen-bond donors (Lipinski definition) is 1. The molecule has 0 fully saturated rings. The average Bonchev–Trinajstić information content (AvgIpc) is 2.69. The Labute approximate surface area is 159 Å². The summed E-state index contributed by atoms with van der Waals surface area (Å²) in [7, 11) is 2.66. The van der Waals surface area contributed by atoms with Crippen molar-refractivity contribution < 1.29 is 32.2 Å². The third-order valence-corrected chi connectivity index (χ3v) is 3.82. The van der Waals surface area contributed by atoms with Gasteiger partial charge in [0.1, 0.15) is 5.75 Å². The molecule has 0 atom stereocenters. The average molecular weight is 393 g/mol. The number of alkyl halides is 3. The van der Waals surface area contributed by atoms with Crippen molar-refractivity contribution in [3.63, 3.8) is 0 Å². The second-order valence-corrected chi connectivity index (χ2v) is 5.69. The third-order valence-electron chi connectivity index (χ3n) is 3.82. The highest BCUT2D eigenvalue weighted by Gasteiger charge is 2.29. The second kappa shape index (κ2) is 9.07. The van der Waals surface area contributed by atoms with E-state index in [1.54, 1.807) is 12.1 Å². The number of carbonyl (C=O) groups excluding carboxylic acids is 2. The molecule has 8 heteroatoms. The van der Waals surface area contributed by atoms with Crippen LogP contribution < -0.4 is 10.1 Å². The van der Waals surface area contributed by atoms with Crippen LogP contribution in [-0.2, 0) is 22.3 Å². The number of nitrogens with one attached hydrogen (secondary N) is 1. The van der Waals surface area contributed by atoms with Crippen LogP contribution in [-0.4, -0.2) is 26.1 Å². The molecule has 0 radical (unpaired) electrons. The molecule has 0 saturated carbocycles. The van der Waals surface area contributed by atoms with Crippen LogP contribution >= 0.6 is 0 Å². The van der Waals surface area contributed by atoms with Gasteiger partial charge in [-0.15, -0.1) is 0 Å². The summed E-state index contributed by atoms with van der Waals surface area (Å²) in [5, 5.41) is 2.64. The first kappa shape index (κ1) is 21.0. The van der Waals surface area contributed by atoms with E-state index in [-0.39, 0.29) is 12.1 Å². The number of hydrogen-bond acceptors (Lipinski definition) is 4. The first-order chi connectivity index (χ1) is 13.2. The first-order valence-electron chi connectivity index (χ1n) is 8.13. The number of halogens is 3. The summed E-state index contributed by atoms with van der Waals surface area (Å²) >= 11 is 0. The zero-order chi connectivity index (χ0) is 20.7. The first-order valence-corrected chi connectivity index (χ1v) is 8.13. The van der Waals surface area contributed by atoms with Crippen molar-refractivity contribution in [1.82, 2.24) is 5.32 Å². The van der Waals surface area contributed by atoms with Crippen molar-refractivity contribution in [3.8, 4) is 5.75 Å². The van der Waals surface area contributed by atoms with Gasteiger partial charge in [-0.25, -0.2) is 4.79 Å². The van der Waals surface area contributed by atoms with E-state index in [1.165, 1.54) is 44.6 Å². The third kappa shape index (κ3) is 5.60. The van der Waals surface area contributed by atoms with Crippen LogP contribution in [0.25, 0.3) is 6.08 Å². The molecule has 0 aromatic heterocycles. The van der Waals surface area contributed by atoms with Crippen LogP contribution in [0.3, 0.4) is 0 Å². The van der Waals surface area contributed by atoms with E-state index in [0.717, 1.165) is 12.1 Å². The van der Waals surface area contributed by atoms with E-state index in [0.29, 0.717) is 16.9 Å². The van der Waals surface area contributed by atoms with E-state index in [2.05, 4.69) is 10.1 Å². The summed E-state index contributed by atoms with van der Waals surface area (Å²) in [5.74, 6) is -0.686. The van der Waals surface area contributed by atoms with Crippen molar-refractivity contribution in [2.45, 2.75) is 12.7 Å². The Morgan fingerprint density at radius 2 is 1.75 bits per heavy atom. The van der Waals surface area contributed by atoms with Gasteiger partial charge in [0.2, 0.25) is 0 Å². The standard InChI is InChI=1S/C20H18F3NO4/c1-27-17-9-5-13(6-10-18(25)28-2)11-16(17)19(26)24-12-14-3-7-15(8-4-14)20(21,22)23/h3-11H,12H2,1-2H3,(H,24,26). The maximum atomic E-state index is 12.6. The number of benzene rings is 2. The lowest BCUT2D eigenvalue weighted by Crippen LogP contribution is -2.23. The van der Waals surface area contributed by atoms with Gasteiger partial charge in [0.15, 0.2) is 0 Å². The summed E-state index contributed by atoms with van der Waals surface area (Å²) in [6.45, 7) is 0.0440. The molecule has 5 nitrogen and oxygen atoms in total. The maximum absolute atomic E-state index is 12.6. The predicted molar refractivity (Wildman–Crippen MR) is 96.7 cm³/mol. The van der Waals surface area contributed by atoms with Gasteiger partial charge in [0, 0.05) is 12.6 Å². The Morgan fingerprint density at radius 1 is 1.07 bits per heavy atom. The molecule has 0 spiro atoms. The normalized spacial score (nSPS) is 11.3. The van der Waals surface area contributed by atoms with Crippen molar-refractivity contribution in [1.29, 1.82) is 0 Å². The molecule has 0 heterocycles. The minimum atomic E-state index is -4.41. The minimum absolute atomic E-state index is 0.0440. The number of esters is 1. The van der Waals surface area contributed by atoms with Crippen LogP contribution in [0, 0.1) is 0 Å². The molecule has 2 aromatic rings. The van der Waals surface area contributed by atoms with Gasteiger partial charge in [-0.2, -0.15) is 13.2 Å². The lowest BCUT2D eigenvalue weighted by Gasteiger charge is -2.11. The monoisotopic (exact) mass is 393 g/mol. The Balaban J connectivity index is 2.12. The van der Waals surface area contributed by atoms with Crippen LogP contribution in [0.1, 0.15) is 27.0 Å². The molecule has 2 rings (SSSR count). The largest absolute Gasteiger partial charge is 0.496 e. The van der Waals surface area contributed by atoms with Crippen LogP contribution in [0.15, 0.2) is 48.5 Å². The van der Waals surface area contributed by atoms with E-state index >= 15 is 0 Å². The van der Waals surface area contributed by atoms with Gasteiger partial charge in [-0.05, 0) is 41.5 Å². The highest BCUT2D eigenvalue weighted by molar-refractivity contribution is 5.97. The topological polar surface area (TPSA) is 64.6 Å². The molecule has 0 aliphatic rings. The Hall–Kier alpha value is -3.29. The zero-order valence-corrected chi connectivity index (χ0v) is 15.2. The number of rotatable bonds is 6. The van der Waals surface area contributed by atoms with Crippen LogP contribution in [0.4, 0.5) is 13.2 Å².